The molecule has 1 atom stereocenters. The molecule has 86 valence electrons. The number of hydrogen-bond acceptors (Lipinski definition) is 4. The highest BCUT2D eigenvalue weighted by Gasteiger charge is 2.38. The second kappa shape index (κ2) is 4.08. The first-order valence-electron chi connectivity index (χ1n) is 5.56. The first kappa shape index (κ1) is 10.9. The SMILES string of the molecule is NC1(CCN2CCNC(C(=O)O)C2)CC1. The van der Waals surface area contributed by atoms with E-state index in [1.165, 1.54) is 0 Å². The molecule has 1 saturated carbocycles. The third kappa shape index (κ3) is 2.90. The lowest BCUT2D eigenvalue weighted by atomic mass is 10.1. The van der Waals surface area contributed by atoms with Gasteiger partial charge in [-0.1, -0.05) is 0 Å². The Bertz CT molecular complexity index is 253. The molecule has 0 aromatic rings. The second-order valence-corrected chi connectivity index (χ2v) is 4.76. The van der Waals surface area contributed by atoms with Crippen LogP contribution in [0.4, 0.5) is 0 Å². The van der Waals surface area contributed by atoms with Gasteiger partial charge in [0.25, 0.3) is 0 Å². The zero-order valence-corrected chi connectivity index (χ0v) is 8.91. The molecule has 4 N–H and O–H groups in total. The first-order chi connectivity index (χ1) is 7.09. The number of piperazine rings is 1. The topological polar surface area (TPSA) is 78.6 Å². The molecule has 0 spiro atoms. The van der Waals surface area contributed by atoms with E-state index in [0.717, 1.165) is 38.9 Å². The van der Waals surface area contributed by atoms with Crippen molar-refractivity contribution in [3.8, 4) is 0 Å². The molecule has 0 radical (unpaired) electrons. The van der Waals surface area contributed by atoms with Gasteiger partial charge in [0.2, 0.25) is 0 Å². The van der Waals surface area contributed by atoms with E-state index < -0.39 is 12.0 Å². The summed E-state index contributed by atoms with van der Waals surface area (Å²) in [4.78, 5) is 13.0. The first-order valence-corrected chi connectivity index (χ1v) is 5.56. The van der Waals surface area contributed by atoms with Crippen molar-refractivity contribution in [2.24, 2.45) is 5.73 Å². The maximum Gasteiger partial charge on any atom is 0.322 e. The largest absolute Gasteiger partial charge is 0.480 e. The van der Waals surface area contributed by atoms with E-state index in [1.54, 1.807) is 0 Å². The Morgan fingerprint density at radius 1 is 1.60 bits per heavy atom. The summed E-state index contributed by atoms with van der Waals surface area (Å²) in [7, 11) is 0. The molecule has 1 unspecified atom stereocenters. The van der Waals surface area contributed by atoms with Crippen LogP contribution in [0.25, 0.3) is 0 Å². The molecule has 1 aliphatic heterocycles. The van der Waals surface area contributed by atoms with Gasteiger partial charge in [0.05, 0.1) is 0 Å². The summed E-state index contributed by atoms with van der Waals surface area (Å²) >= 11 is 0. The van der Waals surface area contributed by atoms with E-state index in [-0.39, 0.29) is 5.54 Å². The maximum absolute atomic E-state index is 10.8. The lowest BCUT2D eigenvalue weighted by Gasteiger charge is -2.32. The Balaban J connectivity index is 1.74. The number of rotatable bonds is 4. The summed E-state index contributed by atoms with van der Waals surface area (Å²) in [6.07, 6.45) is 3.25. The lowest BCUT2D eigenvalue weighted by molar-refractivity contribution is -0.140. The fraction of sp³-hybridized carbons (Fsp3) is 0.900. The van der Waals surface area contributed by atoms with Gasteiger partial charge in [-0.05, 0) is 19.3 Å². The Kier molecular flexibility index (Phi) is 2.95. The molecule has 5 nitrogen and oxygen atoms in total. The molecule has 0 bridgehead atoms. The summed E-state index contributed by atoms with van der Waals surface area (Å²) in [6.45, 7) is 3.22. The highest BCUT2D eigenvalue weighted by Crippen LogP contribution is 2.35. The number of carboxylic acid groups (broad SMARTS) is 1. The quantitative estimate of drug-likeness (QED) is 0.571. The van der Waals surface area contributed by atoms with Crippen molar-refractivity contribution in [1.82, 2.24) is 10.2 Å². The summed E-state index contributed by atoms with van der Waals surface area (Å²) < 4.78 is 0. The zero-order chi connectivity index (χ0) is 10.9. The van der Waals surface area contributed by atoms with Crippen LogP contribution < -0.4 is 11.1 Å². The molecule has 2 fully saturated rings. The van der Waals surface area contributed by atoms with Crippen LogP contribution in [0.1, 0.15) is 19.3 Å². The molecule has 0 aromatic carbocycles. The van der Waals surface area contributed by atoms with Crippen LogP contribution in [0.5, 0.6) is 0 Å². The fourth-order valence-electron chi connectivity index (χ4n) is 1.97. The molecular formula is C10H19N3O2. The molecule has 1 saturated heterocycles. The van der Waals surface area contributed by atoms with E-state index in [2.05, 4.69) is 10.2 Å². The zero-order valence-electron chi connectivity index (χ0n) is 8.91. The van der Waals surface area contributed by atoms with E-state index >= 15 is 0 Å². The van der Waals surface area contributed by atoms with Crippen LogP contribution in [0.2, 0.25) is 0 Å². The van der Waals surface area contributed by atoms with Gasteiger partial charge >= 0.3 is 5.97 Å². The molecular weight excluding hydrogens is 194 g/mol. The van der Waals surface area contributed by atoms with Gasteiger partial charge in [-0.15, -0.1) is 0 Å². The van der Waals surface area contributed by atoms with Crippen molar-refractivity contribution in [3.63, 3.8) is 0 Å². The van der Waals surface area contributed by atoms with E-state index in [1.807, 2.05) is 0 Å². The van der Waals surface area contributed by atoms with Gasteiger partial charge in [-0.2, -0.15) is 0 Å². The predicted molar refractivity (Wildman–Crippen MR) is 56.6 cm³/mol. The minimum Gasteiger partial charge on any atom is -0.480 e. The average molecular weight is 213 g/mol. The number of nitrogens with one attached hydrogen (secondary N) is 1. The number of nitrogens with zero attached hydrogens (tertiary/aromatic N) is 1. The van der Waals surface area contributed by atoms with E-state index in [4.69, 9.17) is 10.8 Å². The van der Waals surface area contributed by atoms with Gasteiger partial charge in [0.15, 0.2) is 0 Å². The monoisotopic (exact) mass is 213 g/mol. The standard InChI is InChI=1S/C10H19N3O2/c11-10(1-2-10)3-5-13-6-4-12-8(7-13)9(14)15/h8,12H,1-7,11H2,(H,14,15). The number of aliphatic carboxylic acids is 1. The normalized spacial score (nSPS) is 30.1. The van der Waals surface area contributed by atoms with Gasteiger partial charge in [-0.3, -0.25) is 9.69 Å². The molecule has 1 heterocycles. The molecule has 2 aliphatic rings. The van der Waals surface area contributed by atoms with E-state index in [9.17, 15) is 4.79 Å². The van der Waals surface area contributed by atoms with Crippen molar-refractivity contribution in [1.29, 1.82) is 0 Å². The smallest absolute Gasteiger partial charge is 0.322 e. The molecule has 15 heavy (non-hydrogen) atoms. The van der Waals surface area contributed by atoms with Gasteiger partial charge in [0, 0.05) is 31.7 Å². The predicted octanol–water partition coefficient (Wildman–Crippen LogP) is -0.774. The Labute approximate surface area is 89.6 Å². The van der Waals surface area contributed by atoms with Gasteiger partial charge < -0.3 is 16.2 Å². The van der Waals surface area contributed by atoms with Crippen LogP contribution in [0, 0.1) is 0 Å². The van der Waals surface area contributed by atoms with Crippen molar-refractivity contribution in [3.05, 3.63) is 0 Å². The van der Waals surface area contributed by atoms with Crippen molar-refractivity contribution >= 4 is 5.97 Å². The summed E-state index contributed by atoms with van der Waals surface area (Å²) in [5, 5.41) is 11.9. The summed E-state index contributed by atoms with van der Waals surface area (Å²) in [5.74, 6) is -0.756. The molecule has 5 heteroatoms. The highest BCUT2D eigenvalue weighted by atomic mass is 16.4. The maximum atomic E-state index is 10.8. The molecule has 0 amide bonds. The number of nitrogens with two attached hydrogens (primary N) is 1. The minimum atomic E-state index is -0.756. The summed E-state index contributed by atoms with van der Waals surface area (Å²) in [6, 6.07) is -0.410. The van der Waals surface area contributed by atoms with Crippen LogP contribution in [0.15, 0.2) is 0 Å². The Morgan fingerprint density at radius 3 is 2.93 bits per heavy atom. The van der Waals surface area contributed by atoms with Gasteiger partial charge in [0.1, 0.15) is 6.04 Å². The van der Waals surface area contributed by atoms with Crippen molar-refractivity contribution < 1.29 is 9.90 Å². The fourth-order valence-corrected chi connectivity index (χ4v) is 1.97. The Morgan fingerprint density at radius 2 is 2.33 bits per heavy atom. The van der Waals surface area contributed by atoms with E-state index in [0.29, 0.717) is 6.54 Å². The number of carbonyl (C=O) groups is 1. The van der Waals surface area contributed by atoms with Gasteiger partial charge in [-0.25, -0.2) is 0 Å². The molecule has 1 aliphatic carbocycles. The van der Waals surface area contributed by atoms with Crippen LogP contribution in [-0.4, -0.2) is 53.7 Å². The number of carboxylic acids is 1. The highest BCUT2D eigenvalue weighted by molar-refractivity contribution is 5.73. The van der Waals surface area contributed by atoms with Crippen molar-refractivity contribution in [2.75, 3.05) is 26.2 Å². The Hall–Kier alpha value is -0.650. The second-order valence-electron chi connectivity index (χ2n) is 4.76. The minimum absolute atomic E-state index is 0.0730. The van der Waals surface area contributed by atoms with Crippen LogP contribution >= 0.6 is 0 Å². The third-order valence-electron chi connectivity index (χ3n) is 3.38. The summed E-state index contributed by atoms with van der Waals surface area (Å²) in [5.41, 5.74) is 6.07. The van der Waals surface area contributed by atoms with Crippen LogP contribution in [0.3, 0.4) is 0 Å². The average Bonchev–Trinajstić information content (AvgIpc) is 2.95. The molecule has 0 aromatic heterocycles. The van der Waals surface area contributed by atoms with Crippen molar-refractivity contribution in [2.45, 2.75) is 30.8 Å². The third-order valence-corrected chi connectivity index (χ3v) is 3.38. The molecule has 2 rings (SSSR count). The number of hydrogen-bond donors (Lipinski definition) is 3. The van der Waals surface area contributed by atoms with Crippen LogP contribution in [-0.2, 0) is 4.79 Å². The lowest BCUT2D eigenvalue weighted by Crippen LogP contribution is -2.54.